The van der Waals surface area contributed by atoms with E-state index in [0.717, 1.165) is 0 Å². The number of ether oxygens (including phenoxy) is 2. The molecular weight excluding hydrogens is 224 g/mol. The molecule has 0 saturated carbocycles. The summed E-state index contributed by atoms with van der Waals surface area (Å²) >= 11 is 0. The number of carbonyl (C=O) groups excluding carboxylic acids is 2. The van der Waals surface area contributed by atoms with E-state index in [1.54, 1.807) is 0 Å². The lowest BCUT2D eigenvalue weighted by atomic mass is 10.1. The molecule has 1 aromatic carbocycles. The lowest BCUT2D eigenvalue weighted by Crippen LogP contribution is -2.03. The predicted octanol–water partition coefficient (Wildman–Crippen LogP) is 1.36. The molecule has 17 heavy (non-hydrogen) atoms. The quantitative estimate of drug-likeness (QED) is 0.633. The van der Waals surface area contributed by atoms with E-state index in [-0.39, 0.29) is 11.3 Å². The Kier molecular flexibility index (Phi) is 4.28. The highest BCUT2D eigenvalue weighted by Gasteiger charge is 2.11. The number of benzene rings is 1. The number of aromatic hydroxyl groups is 1. The van der Waals surface area contributed by atoms with Crippen molar-refractivity contribution in [2.45, 2.75) is 0 Å². The molecule has 0 aliphatic heterocycles. The van der Waals surface area contributed by atoms with E-state index in [1.807, 2.05) is 0 Å². The molecule has 0 heterocycles. The first-order chi connectivity index (χ1) is 8.08. The first-order valence-electron chi connectivity index (χ1n) is 4.76. The fourth-order valence-electron chi connectivity index (χ4n) is 1.20. The zero-order chi connectivity index (χ0) is 12.8. The molecule has 1 rings (SSSR count). The third-order valence-corrected chi connectivity index (χ3v) is 2.04. The Bertz CT molecular complexity index is 462. The van der Waals surface area contributed by atoms with Crippen molar-refractivity contribution in [3.63, 3.8) is 0 Å². The zero-order valence-corrected chi connectivity index (χ0v) is 9.47. The Morgan fingerprint density at radius 2 is 1.94 bits per heavy atom. The summed E-state index contributed by atoms with van der Waals surface area (Å²) in [4.78, 5) is 22.3. The molecule has 0 aliphatic carbocycles. The standard InChI is InChI=1S/C12H12O5/c1-16-11(14)6-4-8-3-5-9(13)7-10(8)12(15)17-2/h3-7,13H,1-2H3/b6-4+. The number of carbonyl (C=O) groups is 2. The molecule has 1 aromatic rings. The van der Waals surface area contributed by atoms with E-state index in [9.17, 15) is 14.7 Å². The number of phenols is 1. The van der Waals surface area contributed by atoms with Crippen LogP contribution in [0.25, 0.3) is 6.08 Å². The Morgan fingerprint density at radius 3 is 2.53 bits per heavy atom. The molecule has 1 N–H and O–H groups in total. The topological polar surface area (TPSA) is 72.8 Å². The number of phenolic OH excluding ortho intramolecular Hbond substituents is 1. The summed E-state index contributed by atoms with van der Waals surface area (Å²) in [7, 11) is 2.49. The maximum atomic E-state index is 11.4. The average molecular weight is 236 g/mol. The number of hydrogen-bond donors (Lipinski definition) is 1. The van der Waals surface area contributed by atoms with Gasteiger partial charge in [0, 0.05) is 6.08 Å². The van der Waals surface area contributed by atoms with Gasteiger partial charge in [0.25, 0.3) is 0 Å². The van der Waals surface area contributed by atoms with E-state index < -0.39 is 11.9 Å². The second-order valence-corrected chi connectivity index (χ2v) is 3.12. The van der Waals surface area contributed by atoms with Gasteiger partial charge in [0.15, 0.2) is 0 Å². The number of methoxy groups -OCH3 is 2. The minimum atomic E-state index is -0.592. The second kappa shape index (κ2) is 5.69. The van der Waals surface area contributed by atoms with Crippen molar-refractivity contribution in [2.75, 3.05) is 14.2 Å². The summed E-state index contributed by atoms with van der Waals surface area (Å²) in [5.74, 6) is -1.18. The molecular formula is C12H12O5. The van der Waals surface area contributed by atoms with Crippen LogP contribution in [0.5, 0.6) is 5.75 Å². The molecule has 0 fully saturated rings. The summed E-state index contributed by atoms with van der Waals surface area (Å²) in [6.45, 7) is 0. The van der Waals surface area contributed by atoms with E-state index in [2.05, 4.69) is 9.47 Å². The van der Waals surface area contributed by atoms with Crippen LogP contribution in [0.15, 0.2) is 24.3 Å². The minimum absolute atomic E-state index is 0.0550. The third-order valence-electron chi connectivity index (χ3n) is 2.04. The van der Waals surface area contributed by atoms with Crippen molar-refractivity contribution in [3.05, 3.63) is 35.4 Å². The molecule has 5 heteroatoms. The molecule has 0 spiro atoms. The Labute approximate surface area is 98.3 Å². The van der Waals surface area contributed by atoms with Gasteiger partial charge in [0.1, 0.15) is 5.75 Å². The van der Waals surface area contributed by atoms with Crippen molar-refractivity contribution < 1.29 is 24.2 Å². The molecule has 0 bridgehead atoms. The van der Waals surface area contributed by atoms with E-state index in [4.69, 9.17) is 0 Å². The van der Waals surface area contributed by atoms with Gasteiger partial charge in [-0.15, -0.1) is 0 Å². The Hall–Kier alpha value is -2.30. The molecule has 0 amide bonds. The fourth-order valence-corrected chi connectivity index (χ4v) is 1.20. The number of hydrogen-bond acceptors (Lipinski definition) is 5. The van der Waals surface area contributed by atoms with E-state index in [1.165, 1.54) is 44.6 Å². The SMILES string of the molecule is COC(=O)/C=C/c1ccc(O)cc1C(=O)OC. The molecule has 0 radical (unpaired) electrons. The van der Waals surface area contributed by atoms with Gasteiger partial charge in [-0.2, -0.15) is 0 Å². The lowest BCUT2D eigenvalue weighted by Gasteiger charge is -2.04. The molecule has 0 unspecified atom stereocenters. The normalized spacial score (nSPS) is 10.2. The summed E-state index contributed by atoms with van der Waals surface area (Å²) in [5.41, 5.74) is 0.632. The first-order valence-corrected chi connectivity index (χ1v) is 4.76. The largest absolute Gasteiger partial charge is 0.508 e. The van der Waals surface area contributed by atoms with Crippen molar-refractivity contribution in [1.82, 2.24) is 0 Å². The zero-order valence-electron chi connectivity index (χ0n) is 9.47. The van der Waals surface area contributed by atoms with Crippen LogP contribution in [0.3, 0.4) is 0 Å². The van der Waals surface area contributed by atoms with Crippen molar-refractivity contribution in [1.29, 1.82) is 0 Å². The summed E-state index contributed by atoms with van der Waals surface area (Å²) < 4.78 is 9.00. The first kappa shape index (κ1) is 12.8. The van der Waals surface area contributed by atoms with Crippen molar-refractivity contribution in [2.24, 2.45) is 0 Å². The maximum Gasteiger partial charge on any atom is 0.338 e. The van der Waals surface area contributed by atoms with Crippen LogP contribution in [0, 0.1) is 0 Å². The highest BCUT2D eigenvalue weighted by molar-refractivity contribution is 5.96. The summed E-state index contributed by atoms with van der Waals surface area (Å²) in [6, 6.07) is 4.17. The molecule has 0 saturated heterocycles. The predicted molar refractivity (Wildman–Crippen MR) is 60.5 cm³/mol. The van der Waals surface area contributed by atoms with Crippen LogP contribution in [-0.2, 0) is 14.3 Å². The van der Waals surface area contributed by atoms with Crippen LogP contribution >= 0.6 is 0 Å². The molecule has 5 nitrogen and oxygen atoms in total. The van der Waals surface area contributed by atoms with Crippen molar-refractivity contribution >= 4 is 18.0 Å². The van der Waals surface area contributed by atoms with Crippen LogP contribution < -0.4 is 0 Å². The van der Waals surface area contributed by atoms with Gasteiger partial charge in [-0.1, -0.05) is 6.07 Å². The van der Waals surface area contributed by atoms with Crippen LogP contribution in [0.1, 0.15) is 15.9 Å². The molecule has 90 valence electrons. The number of esters is 2. The third kappa shape index (κ3) is 3.34. The van der Waals surface area contributed by atoms with E-state index >= 15 is 0 Å². The van der Waals surface area contributed by atoms with Crippen LogP contribution in [0.4, 0.5) is 0 Å². The van der Waals surface area contributed by atoms with Crippen LogP contribution in [-0.4, -0.2) is 31.3 Å². The van der Waals surface area contributed by atoms with Gasteiger partial charge in [0.2, 0.25) is 0 Å². The second-order valence-electron chi connectivity index (χ2n) is 3.12. The monoisotopic (exact) mass is 236 g/mol. The molecule has 0 aliphatic rings. The van der Waals surface area contributed by atoms with Gasteiger partial charge in [-0.3, -0.25) is 0 Å². The van der Waals surface area contributed by atoms with Gasteiger partial charge in [0.05, 0.1) is 19.8 Å². The highest BCUT2D eigenvalue weighted by Crippen LogP contribution is 2.18. The Balaban J connectivity index is 3.10. The van der Waals surface area contributed by atoms with Gasteiger partial charge < -0.3 is 14.6 Å². The van der Waals surface area contributed by atoms with Crippen molar-refractivity contribution in [3.8, 4) is 5.75 Å². The summed E-state index contributed by atoms with van der Waals surface area (Å²) in [6.07, 6.45) is 2.59. The van der Waals surface area contributed by atoms with Crippen LogP contribution in [0.2, 0.25) is 0 Å². The highest BCUT2D eigenvalue weighted by atomic mass is 16.5. The summed E-state index contributed by atoms with van der Waals surface area (Å²) in [5, 5.41) is 9.28. The minimum Gasteiger partial charge on any atom is -0.508 e. The Morgan fingerprint density at radius 1 is 1.24 bits per heavy atom. The molecule has 0 aromatic heterocycles. The van der Waals surface area contributed by atoms with E-state index in [0.29, 0.717) is 5.56 Å². The fraction of sp³-hybridized carbons (Fsp3) is 0.167. The lowest BCUT2D eigenvalue weighted by molar-refractivity contribution is -0.134. The molecule has 0 atom stereocenters. The van der Waals surface area contributed by atoms with Gasteiger partial charge in [-0.05, 0) is 23.8 Å². The average Bonchev–Trinajstić information content (AvgIpc) is 2.35. The number of rotatable bonds is 3. The smallest absolute Gasteiger partial charge is 0.338 e. The van der Waals surface area contributed by atoms with Gasteiger partial charge in [-0.25, -0.2) is 9.59 Å². The van der Waals surface area contributed by atoms with Gasteiger partial charge >= 0.3 is 11.9 Å². The maximum absolute atomic E-state index is 11.4.